The van der Waals surface area contributed by atoms with Crippen LogP contribution in [-0.4, -0.2) is 51.3 Å². The zero-order chi connectivity index (χ0) is 23.7. The highest BCUT2D eigenvalue weighted by Gasteiger charge is 2.27. The average molecular weight is 463 g/mol. The molecule has 0 aliphatic carbocycles. The molecule has 5 rings (SSSR count). The molecule has 1 aliphatic rings. The van der Waals surface area contributed by atoms with Gasteiger partial charge in [-0.2, -0.15) is 0 Å². The zero-order valence-corrected chi connectivity index (χ0v) is 18.5. The monoisotopic (exact) mass is 463 g/mol. The van der Waals surface area contributed by atoms with Crippen LogP contribution in [0.1, 0.15) is 11.1 Å². The topological polar surface area (TPSA) is 88.0 Å². The lowest BCUT2D eigenvalue weighted by molar-refractivity contribution is -0.123. The summed E-state index contributed by atoms with van der Waals surface area (Å²) in [5, 5.41) is 11.3. The Morgan fingerprint density at radius 1 is 1.18 bits per heavy atom. The van der Waals surface area contributed by atoms with Gasteiger partial charge in [0, 0.05) is 44.0 Å². The van der Waals surface area contributed by atoms with Crippen molar-refractivity contribution >= 4 is 22.8 Å². The normalized spacial score (nSPS) is 16.1. The Labute approximate surface area is 194 Å². The fourth-order valence-electron chi connectivity index (χ4n) is 4.00. The van der Waals surface area contributed by atoms with E-state index in [1.807, 2.05) is 42.3 Å². The Morgan fingerprint density at radius 3 is 2.79 bits per heavy atom. The second kappa shape index (κ2) is 9.14. The number of carbonyl (C=O) groups is 1. The van der Waals surface area contributed by atoms with Crippen molar-refractivity contribution in [1.82, 2.24) is 30.4 Å². The van der Waals surface area contributed by atoms with Crippen LogP contribution in [0.4, 0.5) is 14.6 Å². The minimum absolute atomic E-state index is 0.0236. The van der Waals surface area contributed by atoms with Gasteiger partial charge in [-0.05, 0) is 25.1 Å². The van der Waals surface area contributed by atoms with Crippen LogP contribution < -0.4 is 15.5 Å². The summed E-state index contributed by atoms with van der Waals surface area (Å²) in [5.74, 6) is -0.909. The molecule has 0 radical (unpaired) electrons. The Hall–Kier alpha value is -3.92. The second-order valence-corrected chi connectivity index (χ2v) is 8.25. The van der Waals surface area contributed by atoms with Gasteiger partial charge in [0.05, 0.1) is 11.1 Å². The van der Waals surface area contributed by atoms with E-state index in [4.69, 9.17) is 0 Å². The summed E-state index contributed by atoms with van der Waals surface area (Å²) < 4.78 is 28.8. The number of rotatable bonds is 5. The Morgan fingerprint density at radius 2 is 2.00 bits per heavy atom. The first-order valence-corrected chi connectivity index (χ1v) is 11.0. The van der Waals surface area contributed by atoms with Crippen molar-refractivity contribution < 1.29 is 13.6 Å². The van der Waals surface area contributed by atoms with E-state index in [-0.39, 0.29) is 18.0 Å². The molecule has 8 nitrogen and oxygen atoms in total. The molecule has 0 saturated carbocycles. The van der Waals surface area contributed by atoms with Gasteiger partial charge in [-0.25, -0.2) is 23.4 Å². The maximum Gasteiger partial charge on any atom is 0.239 e. The first-order chi connectivity index (χ1) is 16.5. The molecular weight excluding hydrogens is 440 g/mol. The molecule has 1 unspecified atom stereocenters. The Kier molecular flexibility index (Phi) is 5.89. The lowest BCUT2D eigenvalue weighted by atomic mass is 10.1. The molecule has 34 heavy (non-hydrogen) atoms. The minimum Gasteiger partial charge on any atom is -0.353 e. The van der Waals surface area contributed by atoms with Gasteiger partial charge in [-0.15, -0.1) is 5.10 Å². The molecule has 1 saturated heterocycles. The van der Waals surface area contributed by atoms with Crippen LogP contribution in [0.25, 0.3) is 16.7 Å². The van der Waals surface area contributed by atoms with Gasteiger partial charge in [-0.1, -0.05) is 23.8 Å². The van der Waals surface area contributed by atoms with Gasteiger partial charge in [0.15, 0.2) is 5.65 Å². The van der Waals surface area contributed by atoms with Gasteiger partial charge in [0.2, 0.25) is 5.91 Å². The predicted octanol–water partition coefficient (Wildman–Crippen LogP) is 2.50. The van der Waals surface area contributed by atoms with Crippen molar-refractivity contribution in [2.24, 2.45) is 0 Å². The number of amides is 1. The van der Waals surface area contributed by atoms with E-state index in [0.29, 0.717) is 31.1 Å². The number of hydrogen-bond acceptors (Lipinski definition) is 6. The summed E-state index contributed by atoms with van der Waals surface area (Å²) in [6.07, 6.45) is 3.36. The summed E-state index contributed by atoms with van der Waals surface area (Å²) in [6, 6.07) is 10.8. The summed E-state index contributed by atoms with van der Waals surface area (Å²) in [6.45, 7) is 3.60. The molecule has 1 aliphatic heterocycles. The molecule has 10 heteroatoms. The molecular formula is C24H23F2N7O. The van der Waals surface area contributed by atoms with Crippen LogP contribution in [0, 0.1) is 18.6 Å². The molecule has 2 N–H and O–H groups in total. The number of carbonyl (C=O) groups excluding carboxylic acids is 1. The third-order valence-electron chi connectivity index (χ3n) is 5.85. The highest BCUT2D eigenvalue weighted by atomic mass is 19.1. The van der Waals surface area contributed by atoms with Gasteiger partial charge >= 0.3 is 0 Å². The van der Waals surface area contributed by atoms with E-state index >= 15 is 0 Å². The van der Waals surface area contributed by atoms with Gasteiger partial charge in [0.25, 0.3) is 0 Å². The van der Waals surface area contributed by atoms with Crippen molar-refractivity contribution in [3.63, 3.8) is 0 Å². The van der Waals surface area contributed by atoms with E-state index in [1.54, 1.807) is 4.68 Å². The Bertz CT molecular complexity index is 1340. The fourth-order valence-corrected chi connectivity index (χ4v) is 4.00. The molecule has 2 aromatic carbocycles. The molecule has 1 atom stereocenters. The van der Waals surface area contributed by atoms with Crippen molar-refractivity contribution in [2.75, 3.05) is 24.5 Å². The first-order valence-electron chi connectivity index (χ1n) is 11.0. The van der Waals surface area contributed by atoms with Crippen molar-refractivity contribution in [3.8, 4) is 5.69 Å². The fraction of sp³-hybridized carbons (Fsp3) is 0.250. The van der Waals surface area contributed by atoms with Crippen molar-refractivity contribution in [1.29, 1.82) is 0 Å². The van der Waals surface area contributed by atoms with Crippen LogP contribution >= 0.6 is 0 Å². The van der Waals surface area contributed by atoms with E-state index in [9.17, 15) is 13.6 Å². The van der Waals surface area contributed by atoms with E-state index in [1.165, 1.54) is 18.5 Å². The smallest absolute Gasteiger partial charge is 0.239 e. The van der Waals surface area contributed by atoms with Crippen LogP contribution in [-0.2, 0) is 11.3 Å². The number of halogens is 2. The number of nitrogens with zero attached hydrogens (tertiary/aromatic N) is 5. The molecule has 1 fully saturated rings. The summed E-state index contributed by atoms with van der Waals surface area (Å²) in [4.78, 5) is 23.6. The number of aryl methyl sites for hydroxylation is 1. The molecule has 1 amide bonds. The summed E-state index contributed by atoms with van der Waals surface area (Å²) in [7, 11) is 0. The maximum atomic E-state index is 13.9. The van der Waals surface area contributed by atoms with Gasteiger partial charge in [-0.3, -0.25) is 4.79 Å². The molecule has 3 heterocycles. The number of nitrogens with one attached hydrogen (secondary N) is 2. The average Bonchev–Trinajstić information content (AvgIpc) is 3.28. The van der Waals surface area contributed by atoms with Crippen LogP contribution in [0.3, 0.4) is 0 Å². The minimum atomic E-state index is -0.688. The first kappa shape index (κ1) is 21.9. The molecule has 0 spiro atoms. The second-order valence-electron chi connectivity index (χ2n) is 8.25. The van der Waals surface area contributed by atoms with Crippen molar-refractivity contribution in [2.45, 2.75) is 19.5 Å². The van der Waals surface area contributed by atoms with Crippen LogP contribution in [0.15, 0.2) is 55.0 Å². The quantitative estimate of drug-likeness (QED) is 0.473. The van der Waals surface area contributed by atoms with Gasteiger partial charge in [0.1, 0.15) is 29.8 Å². The third kappa shape index (κ3) is 4.44. The SMILES string of the molecule is Cc1ccc(-n2cc3c(N4CCNC(C(=O)NCc5ccc(F)cc5F)C4)ncnc3n2)cc1. The predicted molar refractivity (Wildman–Crippen MR) is 124 cm³/mol. The lowest BCUT2D eigenvalue weighted by Gasteiger charge is -2.33. The molecule has 2 aromatic heterocycles. The number of hydrogen-bond donors (Lipinski definition) is 2. The highest BCUT2D eigenvalue weighted by molar-refractivity contribution is 5.88. The maximum absolute atomic E-state index is 13.9. The van der Waals surface area contributed by atoms with Crippen LogP contribution in [0.2, 0.25) is 0 Å². The van der Waals surface area contributed by atoms with Crippen LogP contribution in [0.5, 0.6) is 0 Å². The highest BCUT2D eigenvalue weighted by Crippen LogP contribution is 2.24. The largest absolute Gasteiger partial charge is 0.353 e. The molecule has 174 valence electrons. The molecule has 0 bridgehead atoms. The summed E-state index contributed by atoms with van der Waals surface area (Å²) in [5.41, 5.74) is 2.87. The number of benzene rings is 2. The number of aromatic nitrogens is 4. The Balaban J connectivity index is 1.32. The van der Waals surface area contributed by atoms with Gasteiger partial charge < -0.3 is 15.5 Å². The number of fused-ring (bicyclic) bond motifs is 1. The van der Waals surface area contributed by atoms with E-state index in [2.05, 4.69) is 25.7 Å². The third-order valence-corrected chi connectivity index (χ3v) is 5.85. The number of piperazine rings is 1. The molecule has 4 aromatic rings. The van der Waals surface area contributed by atoms with E-state index < -0.39 is 17.7 Å². The van der Waals surface area contributed by atoms with E-state index in [0.717, 1.165) is 22.7 Å². The standard InChI is InChI=1S/C24H23F2N7O/c1-15-2-6-18(7-3-15)33-12-19-22(31-33)29-14-30-23(19)32-9-8-27-21(13-32)24(34)28-11-16-4-5-17(25)10-20(16)26/h2-7,10,12,14,21,27H,8-9,11,13H2,1H3,(H,28,34). The number of anilines is 1. The lowest BCUT2D eigenvalue weighted by Crippen LogP contribution is -2.57. The zero-order valence-electron chi connectivity index (χ0n) is 18.5. The van der Waals surface area contributed by atoms with Crippen molar-refractivity contribution in [3.05, 3.63) is 77.8 Å². The summed E-state index contributed by atoms with van der Waals surface area (Å²) >= 11 is 0.